The summed E-state index contributed by atoms with van der Waals surface area (Å²) in [6, 6.07) is 0. The van der Waals surface area contributed by atoms with Crippen LogP contribution in [0.2, 0.25) is 0 Å². The van der Waals surface area contributed by atoms with E-state index in [0.29, 0.717) is 0 Å². The number of hydrogen-bond acceptors (Lipinski definition) is 2. The summed E-state index contributed by atoms with van der Waals surface area (Å²) in [4.78, 5) is 0. The molecule has 0 unspecified atom stereocenters. The zero-order valence-corrected chi connectivity index (χ0v) is 10.5. The summed E-state index contributed by atoms with van der Waals surface area (Å²) in [5, 5.41) is 8.58. The number of quaternary nitrogens is 1. The second-order valence-electron chi connectivity index (χ2n) is 3.54. The lowest BCUT2D eigenvalue weighted by molar-refractivity contribution is -0.923. The highest BCUT2D eigenvalue weighted by molar-refractivity contribution is 4.99. The van der Waals surface area contributed by atoms with E-state index >= 15 is 0 Å². The highest BCUT2D eigenvalue weighted by Gasteiger charge is 2.27. The molecule has 1 fully saturated rings. The maximum Gasteiger partial charge on any atom is 0.141 e. The van der Waals surface area contributed by atoms with Crippen molar-refractivity contribution in [3.05, 3.63) is 12.7 Å². The minimum absolute atomic E-state index is 0. The number of nitrogens with zero attached hydrogens (tertiary/aromatic N) is 1. The fourth-order valence-corrected chi connectivity index (χ4v) is 1.69. The summed E-state index contributed by atoms with van der Waals surface area (Å²) in [5.41, 5.74) is 0. The molecule has 0 aromatic carbocycles. The molecular formula is C11H18BrNO2. The van der Waals surface area contributed by atoms with Crippen LogP contribution < -0.4 is 17.0 Å². The molecule has 0 atom stereocenters. The van der Waals surface area contributed by atoms with Gasteiger partial charge in [-0.25, -0.2) is 0 Å². The standard InChI is InChI=1S/C11H18NO2.BrH/c1-2-5-12(6-3-4-9-13)7-10-14-11-8-12;/h2,13H,1,5-11H2;1H/q+1;/p-1. The molecule has 1 rings (SSSR count). The zero-order valence-electron chi connectivity index (χ0n) is 8.91. The third-order valence-corrected chi connectivity index (χ3v) is 2.55. The highest BCUT2D eigenvalue weighted by atomic mass is 79.9. The van der Waals surface area contributed by atoms with Crippen molar-refractivity contribution in [3.63, 3.8) is 0 Å². The summed E-state index contributed by atoms with van der Waals surface area (Å²) >= 11 is 0. The Kier molecular flexibility index (Phi) is 7.71. The van der Waals surface area contributed by atoms with Gasteiger partial charge in [0.25, 0.3) is 0 Å². The van der Waals surface area contributed by atoms with Gasteiger partial charge in [0.2, 0.25) is 0 Å². The van der Waals surface area contributed by atoms with E-state index in [9.17, 15) is 0 Å². The van der Waals surface area contributed by atoms with Crippen LogP contribution in [0.4, 0.5) is 0 Å². The summed E-state index contributed by atoms with van der Waals surface area (Å²) in [6.45, 7) is 9.03. The fraction of sp³-hybridized carbons (Fsp3) is 0.636. The van der Waals surface area contributed by atoms with Crippen molar-refractivity contribution in [1.29, 1.82) is 0 Å². The van der Waals surface area contributed by atoms with Gasteiger partial charge in [0.05, 0.1) is 19.8 Å². The lowest BCUT2D eigenvalue weighted by atomic mass is 10.3. The number of rotatable bonds is 3. The van der Waals surface area contributed by atoms with Crippen LogP contribution in [0.15, 0.2) is 12.7 Å². The van der Waals surface area contributed by atoms with Crippen LogP contribution in [0.5, 0.6) is 0 Å². The predicted molar refractivity (Wildman–Crippen MR) is 55.6 cm³/mol. The van der Waals surface area contributed by atoms with Gasteiger partial charge < -0.3 is 31.3 Å². The van der Waals surface area contributed by atoms with Crippen LogP contribution in [-0.4, -0.2) is 55.6 Å². The van der Waals surface area contributed by atoms with E-state index in [0.717, 1.165) is 43.9 Å². The Morgan fingerprint density at radius 2 is 2.00 bits per heavy atom. The van der Waals surface area contributed by atoms with E-state index in [-0.39, 0.29) is 23.6 Å². The minimum Gasteiger partial charge on any atom is -1.00 e. The smallest absolute Gasteiger partial charge is 0.141 e. The summed E-state index contributed by atoms with van der Waals surface area (Å²) < 4.78 is 6.26. The first kappa shape index (κ1) is 14.7. The van der Waals surface area contributed by atoms with Crippen molar-refractivity contribution < 1.29 is 31.3 Å². The molecule has 0 radical (unpaired) electrons. The van der Waals surface area contributed by atoms with Crippen molar-refractivity contribution in [3.8, 4) is 11.8 Å². The Labute approximate surface area is 102 Å². The average Bonchev–Trinajstić information content (AvgIpc) is 2.20. The van der Waals surface area contributed by atoms with Crippen LogP contribution >= 0.6 is 0 Å². The molecule has 1 aliphatic heterocycles. The van der Waals surface area contributed by atoms with Crippen molar-refractivity contribution in [2.24, 2.45) is 0 Å². The van der Waals surface area contributed by atoms with E-state index in [1.54, 1.807) is 0 Å². The second kappa shape index (κ2) is 7.89. The van der Waals surface area contributed by atoms with Gasteiger partial charge in [-0.2, -0.15) is 0 Å². The molecule has 86 valence electrons. The van der Waals surface area contributed by atoms with E-state index in [1.807, 2.05) is 6.08 Å². The van der Waals surface area contributed by atoms with Gasteiger partial charge in [-0.3, -0.25) is 0 Å². The molecule has 1 saturated heterocycles. The van der Waals surface area contributed by atoms with E-state index < -0.39 is 0 Å². The number of halogens is 1. The normalized spacial score (nSPS) is 18.2. The molecule has 1 N–H and O–H groups in total. The van der Waals surface area contributed by atoms with Crippen molar-refractivity contribution in [2.45, 2.75) is 0 Å². The molecule has 0 aromatic heterocycles. The average molecular weight is 276 g/mol. The molecule has 15 heavy (non-hydrogen) atoms. The maximum atomic E-state index is 8.58. The monoisotopic (exact) mass is 275 g/mol. The summed E-state index contributed by atoms with van der Waals surface area (Å²) in [6.07, 6.45) is 1.94. The third-order valence-electron chi connectivity index (χ3n) is 2.55. The van der Waals surface area contributed by atoms with Crippen molar-refractivity contribution >= 4 is 0 Å². The molecule has 0 spiro atoms. The van der Waals surface area contributed by atoms with Gasteiger partial charge in [-0.15, -0.1) is 0 Å². The van der Waals surface area contributed by atoms with Crippen LogP contribution in [0.25, 0.3) is 0 Å². The number of morpholine rings is 1. The second-order valence-corrected chi connectivity index (χ2v) is 3.54. The minimum atomic E-state index is -0.0510. The van der Waals surface area contributed by atoms with Crippen LogP contribution in [0.3, 0.4) is 0 Å². The Morgan fingerprint density at radius 1 is 1.33 bits per heavy atom. The van der Waals surface area contributed by atoms with Gasteiger partial charge in [0, 0.05) is 0 Å². The molecule has 0 aliphatic carbocycles. The van der Waals surface area contributed by atoms with Gasteiger partial charge in [0.15, 0.2) is 0 Å². The molecule has 3 nitrogen and oxygen atoms in total. The van der Waals surface area contributed by atoms with Crippen LogP contribution in [-0.2, 0) is 4.74 Å². The summed E-state index contributed by atoms with van der Waals surface area (Å²) in [5.74, 6) is 5.69. The first-order valence-electron chi connectivity index (χ1n) is 4.93. The van der Waals surface area contributed by atoms with Gasteiger partial charge in [-0.1, -0.05) is 12.5 Å². The number of hydrogen-bond donors (Lipinski definition) is 1. The Hall–Kier alpha value is -0.340. The van der Waals surface area contributed by atoms with E-state index in [4.69, 9.17) is 9.84 Å². The molecule has 1 aliphatic rings. The van der Waals surface area contributed by atoms with Gasteiger partial charge >= 0.3 is 0 Å². The first-order valence-corrected chi connectivity index (χ1v) is 4.93. The highest BCUT2D eigenvalue weighted by Crippen LogP contribution is 2.10. The molecular weight excluding hydrogens is 258 g/mol. The predicted octanol–water partition coefficient (Wildman–Crippen LogP) is -2.98. The Balaban J connectivity index is 0.00000196. The third kappa shape index (κ3) is 4.80. The lowest BCUT2D eigenvalue weighted by Crippen LogP contribution is -3.00. The number of aliphatic hydroxyl groups excluding tert-OH is 1. The molecule has 1 heterocycles. The lowest BCUT2D eigenvalue weighted by Gasteiger charge is -2.39. The Morgan fingerprint density at radius 3 is 2.53 bits per heavy atom. The molecule has 0 amide bonds. The van der Waals surface area contributed by atoms with Crippen LogP contribution in [0.1, 0.15) is 0 Å². The van der Waals surface area contributed by atoms with E-state index in [2.05, 4.69) is 18.4 Å². The van der Waals surface area contributed by atoms with Crippen molar-refractivity contribution in [2.75, 3.05) is 46.0 Å². The number of ether oxygens (including phenoxy) is 1. The fourth-order valence-electron chi connectivity index (χ4n) is 1.69. The topological polar surface area (TPSA) is 29.5 Å². The quantitative estimate of drug-likeness (QED) is 0.339. The SMILES string of the molecule is C=CC[N+]1(CC#CCO)CCOCC1.[Br-]. The maximum absolute atomic E-state index is 8.58. The van der Waals surface area contributed by atoms with Gasteiger partial charge in [0.1, 0.15) is 26.2 Å². The molecule has 0 saturated carbocycles. The molecule has 0 bridgehead atoms. The molecule has 4 heteroatoms. The first-order chi connectivity index (χ1) is 6.83. The zero-order chi connectivity index (χ0) is 10.3. The largest absolute Gasteiger partial charge is 1.00 e. The van der Waals surface area contributed by atoms with E-state index in [1.165, 1.54) is 0 Å². The number of aliphatic hydroxyl groups is 1. The summed E-state index contributed by atoms with van der Waals surface area (Å²) in [7, 11) is 0. The van der Waals surface area contributed by atoms with Crippen LogP contribution in [0, 0.1) is 11.8 Å². The van der Waals surface area contributed by atoms with Crippen molar-refractivity contribution in [1.82, 2.24) is 0 Å². The Bertz CT molecular complexity index is 239. The van der Waals surface area contributed by atoms with Gasteiger partial charge in [-0.05, 0) is 12.0 Å². The molecule has 0 aromatic rings.